The molecule has 0 amide bonds. The predicted molar refractivity (Wildman–Crippen MR) is 271 cm³/mol. The summed E-state index contributed by atoms with van der Waals surface area (Å²) >= 11 is 0. The highest BCUT2D eigenvalue weighted by molar-refractivity contribution is 6.29. The average Bonchev–Trinajstić information content (AvgIpc) is 3.92. The maximum absolute atomic E-state index is 5.49. The van der Waals surface area contributed by atoms with Gasteiger partial charge >= 0.3 is 0 Å². The molecule has 6 heteroatoms. The van der Waals surface area contributed by atoms with Crippen LogP contribution in [-0.4, -0.2) is 29.1 Å². The van der Waals surface area contributed by atoms with Crippen LogP contribution in [-0.2, 0) is 0 Å². The molecular formula is C60H38N6. The van der Waals surface area contributed by atoms with E-state index in [2.05, 4.69) is 221 Å². The van der Waals surface area contributed by atoms with Gasteiger partial charge in [0.2, 0.25) is 5.95 Å². The van der Waals surface area contributed by atoms with Crippen molar-refractivity contribution in [2.24, 2.45) is 0 Å². The maximum atomic E-state index is 5.49. The number of hydrogen-bond acceptors (Lipinski definition) is 4. The van der Waals surface area contributed by atoms with Gasteiger partial charge in [0.1, 0.15) is 0 Å². The first-order valence-electron chi connectivity index (χ1n) is 22.2. The van der Waals surface area contributed by atoms with Gasteiger partial charge in [-0.1, -0.05) is 176 Å². The van der Waals surface area contributed by atoms with Crippen LogP contribution in [0.2, 0.25) is 0 Å². The van der Waals surface area contributed by atoms with Crippen LogP contribution < -0.4 is 0 Å². The molecule has 13 aromatic rings. The Balaban J connectivity index is 1.13. The molecule has 9 aromatic carbocycles. The van der Waals surface area contributed by atoms with Crippen LogP contribution in [0.5, 0.6) is 0 Å². The Labute approximate surface area is 380 Å². The molecule has 0 fully saturated rings. The quantitative estimate of drug-likeness (QED) is 0.160. The third-order valence-corrected chi connectivity index (χ3v) is 12.7. The van der Waals surface area contributed by atoms with Gasteiger partial charge in [-0.15, -0.1) is 0 Å². The van der Waals surface area contributed by atoms with Crippen LogP contribution in [0.3, 0.4) is 0 Å². The van der Waals surface area contributed by atoms with Gasteiger partial charge in [0.25, 0.3) is 0 Å². The van der Waals surface area contributed by atoms with Gasteiger partial charge in [0, 0.05) is 49.3 Å². The highest BCUT2D eigenvalue weighted by atomic mass is 15.2. The van der Waals surface area contributed by atoms with E-state index in [1.54, 1.807) is 0 Å². The minimum atomic E-state index is 0.531. The SMILES string of the molecule is c1ccc(-c2cccc(-c3cccc(-c4nc(-c5ccccc5)nc(-n5c6ccccc6c6c(-c7ccc8ccccc8n7)cc7c(c8ccccc8n7-c7ccccc7)c65)n4)c3)c2)cc1. The monoisotopic (exact) mass is 842 g/mol. The van der Waals surface area contributed by atoms with Gasteiger partial charge in [-0.05, 0) is 76.9 Å². The number of rotatable bonds is 7. The second kappa shape index (κ2) is 15.4. The van der Waals surface area contributed by atoms with E-state index in [-0.39, 0.29) is 0 Å². The number of para-hydroxylation sites is 4. The first-order chi connectivity index (χ1) is 32.7. The van der Waals surface area contributed by atoms with E-state index in [0.29, 0.717) is 17.6 Å². The van der Waals surface area contributed by atoms with E-state index >= 15 is 0 Å². The zero-order chi connectivity index (χ0) is 43.6. The largest absolute Gasteiger partial charge is 0.309 e. The molecule has 0 N–H and O–H groups in total. The standard InChI is InChI=1S/C60H38N6/c1-4-18-39(19-5-1)42-23-16-24-43(36-42)44-25-17-26-45(37-44)59-62-58(41-21-6-2-7-22-41)63-60(64-59)66-53-33-15-11-29-47(53)55-49(51-35-34-40-20-10-13-31-50(40)61-51)38-54-56(57(55)66)48-30-12-14-32-52(48)65(54)46-27-8-3-9-28-46/h1-38H. The molecule has 0 spiro atoms. The number of aromatic nitrogens is 6. The van der Waals surface area contributed by atoms with E-state index in [1.807, 2.05) is 18.2 Å². The van der Waals surface area contributed by atoms with Crippen molar-refractivity contribution in [1.29, 1.82) is 0 Å². The van der Waals surface area contributed by atoms with Crippen LogP contribution in [0.4, 0.5) is 0 Å². The van der Waals surface area contributed by atoms with Crippen molar-refractivity contribution in [2.75, 3.05) is 0 Å². The molecule has 66 heavy (non-hydrogen) atoms. The van der Waals surface area contributed by atoms with Gasteiger partial charge in [-0.25, -0.2) is 9.97 Å². The summed E-state index contributed by atoms with van der Waals surface area (Å²) in [5, 5.41) is 5.50. The fourth-order valence-corrected chi connectivity index (χ4v) is 9.74. The Bertz CT molecular complexity index is 3980. The number of hydrogen-bond donors (Lipinski definition) is 0. The maximum Gasteiger partial charge on any atom is 0.238 e. The average molecular weight is 843 g/mol. The molecule has 0 aliphatic rings. The minimum Gasteiger partial charge on any atom is -0.309 e. The molecule has 0 bridgehead atoms. The van der Waals surface area contributed by atoms with E-state index in [4.69, 9.17) is 19.9 Å². The van der Waals surface area contributed by atoms with Crippen molar-refractivity contribution in [3.63, 3.8) is 0 Å². The zero-order valence-electron chi connectivity index (χ0n) is 35.6. The van der Waals surface area contributed by atoms with Gasteiger partial charge in [0.15, 0.2) is 11.6 Å². The van der Waals surface area contributed by atoms with Crippen LogP contribution in [0.25, 0.3) is 122 Å². The Kier molecular flexibility index (Phi) is 8.74. The fourth-order valence-electron chi connectivity index (χ4n) is 9.74. The smallest absolute Gasteiger partial charge is 0.238 e. The summed E-state index contributed by atoms with van der Waals surface area (Å²) in [6.07, 6.45) is 0. The van der Waals surface area contributed by atoms with Gasteiger partial charge in [-0.3, -0.25) is 4.57 Å². The van der Waals surface area contributed by atoms with Crippen molar-refractivity contribution in [3.05, 3.63) is 231 Å². The van der Waals surface area contributed by atoms with Crippen LogP contribution in [0.15, 0.2) is 231 Å². The van der Waals surface area contributed by atoms with Gasteiger partial charge in [-0.2, -0.15) is 9.97 Å². The van der Waals surface area contributed by atoms with E-state index in [1.165, 1.54) is 5.56 Å². The third-order valence-electron chi connectivity index (χ3n) is 12.7. The van der Waals surface area contributed by atoms with Gasteiger partial charge < -0.3 is 4.57 Å². The normalized spacial score (nSPS) is 11.6. The second-order valence-corrected chi connectivity index (χ2v) is 16.6. The van der Waals surface area contributed by atoms with Crippen LogP contribution in [0.1, 0.15) is 0 Å². The molecule has 0 aliphatic heterocycles. The minimum absolute atomic E-state index is 0.531. The topological polar surface area (TPSA) is 61.4 Å². The molecular weight excluding hydrogens is 805 g/mol. The second-order valence-electron chi connectivity index (χ2n) is 16.6. The summed E-state index contributed by atoms with van der Waals surface area (Å²) in [4.78, 5) is 21.5. The van der Waals surface area contributed by atoms with E-state index in [0.717, 1.165) is 99.3 Å². The number of pyridine rings is 1. The molecule has 0 saturated carbocycles. The van der Waals surface area contributed by atoms with Crippen molar-refractivity contribution < 1.29 is 0 Å². The number of fused-ring (bicyclic) bond motifs is 8. The molecule has 4 heterocycles. The molecule has 6 nitrogen and oxygen atoms in total. The molecule has 0 unspecified atom stereocenters. The lowest BCUT2D eigenvalue weighted by molar-refractivity contribution is 0.955. The van der Waals surface area contributed by atoms with Crippen molar-refractivity contribution in [1.82, 2.24) is 29.1 Å². The molecule has 0 aliphatic carbocycles. The predicted octanol–water partition coefficient (Wildman–Crippen LogP) is 14.9. The summed E-state index contributed by atoms with van der Waals surface area (Å²) < 4.78 is 4.65. The number of nitrogens with zero attached hydrogens (tertiary/aromatic N) is 6. The molecule has 0 atom stereocenters. The zero-order valence-corrected chi connectivity index (χ0v) is 35.6. The molecule has 13 rings (SSSR count). The summed E-state index contributed by atoms with van der Waals surface area (Å²) in [5.41, 5.74) is 14.4. The van der Waals surface area contributed by atoms with Crippen molar-refractivity contribution in [3.8, 4) is 67.9 Å². The summed E-state index contributed by atoms with van der Waals surface area (Å²) in [6, 6.07) is 80.9. The van der Waals surface area contributed by atoms with Crippen molar-refractivity contribution >= 4 is 54.5 Å². The van der Waals surface area contributed by atoms with E-state index < -0.39 is 0 Å². The summed E-state index contributed by atoms with van der Waals surface area (Å²) in [6.45, 7) is 0. The lowest BCUT2D eigenvalue weighted by atomic mass is 9.98. The molecule has 0 saturated heterocycles. The Morgan fingerprint density at radius 2 is 0.848 bits per heavy atom. The third kappa shape index (κ3) is 6.19. The van der Waals surface area contributed by atoms with Crippen LogP contribution >= 0.6 is 0 Å². The van der Waals surface area contributed by atoms with Crippen molar-refractivity contribution in [2.45, 2.75) is 0 Å². The highest BCUT2D eigenvalue weighted by Gasteiger charge is 2.26. The first-order valence-corrected chi connectivity index (χ1v) is 22.2. The highest BCUT2D eigenvalue weighted by Crippen LogP contribution is 2.46. The first kappa shape index (κ1) is 37.5. The van der Waals surface area contributed by atoms with Crippen LogP contribution in [0, 0.1) is 0 Å². The molecule has 4 aromatic heterocycles. The van der Waals surface area contributed by atoms with E-state index in [9.17, 15) is 0 Å². The van der Waals surface area contributed by atoms with Gasteiger partial charge in [0.05, 0.1) is 33.3 Å². The molecule has 0 radical (unpaired) electrons. The Hall–Kier alpha value is -9.00. The summed E-state index contributed by atoms with van der Waals surface area (Å²) in [5.74, 6) is 1.71. The number of benzene rings is 9. The summed E-state index contributed by atoms with van der Waals surface area (Å²) in [7, 11) is 0. The fraction of sp³-hybridized carbons (Fsp3) is 0. The molecule has 308 valence electrons. The lowest BCUT2D eigenvalue weighted by Crippen LogP contribution is -2.06. The lowest BCUT2D eigenvalue weighted by Gasteiger charge is -2.14. The Morgan fingerprint density at radius 1 is 0.318 bits per heavy atom. The Morgan fingerprint density at radius 3 is 1.58 bits per heavy atom.